The average Bonchev–Trinajstić information content (AvgIpc) is 3.23. The number of hydrogen-bond acceptors (Lipinski definition) is 3. The smallest absolute Gasteiger partial charge is 0.315 e. The first-order chi connectivity index (χ1) is 15.4. The molecule has 1 saturated heterocycles. The molecule has 1 atom stereocenters. The Hall–Kier alpha value is -2.35. The van der Waals surface area contributed by atoms with Gasteiger partial charge in [-0.3, -0.25) is 0 Å². The Kier molecular flexibility index (Phi) is 6.26. The SMILES string of the molecule is O=S(=O)(c1cccc(C(F)(F)F)c1)C1(c2ccc(C(F)(C(F)(F)F)C(F)(F)F)cc2)CCNC1. The predicted octanol–water partition coefficient (Wildman–Crippen LogP) is 5.66. The van der Waals surface area contributed by atoms with Gasteiger partial charge in [-0.2, -0.15) is 39.5 Å². The second kappa shape index (κ2) is 8.11. The molecular weight excluding hydrogens is 508 g/mol. The summed E-state index contributed by atoms with van der Waals surface area (Å²) < 4.78 is 156. The third kappa shape index (κ3) is 4.04. The minimum Gasteiger partial charge on any atom is -0.315 e. The molecule has 2 aromatic rings. The van der Waals surface area contributed by atoms with Gasteiger partial charge < -0.3 is 5.32 Å². The van der Waals surface area contributed by atoms with E-state index in [9.17, 15) is 52.3 Å². The highest BCUT2D eigenvalue weighted by Gasteiger charge is 2.73. The van der Waals surface area contributed by atoms with Gasteiger partial charge in [0.1, 0.15) is 4.75 Å². The Balaban J connectivity index is 2.14. The molecular formula is C20H15F10NO2S. The number of benzene rings is 2. The van der Waals surface area contributed by atoms with Gasteiger partial charge in [-0.05, 0) is 36.7 Å². The van der Waals surface area contributed by atoms with Crippen LogP contribution in [0.25, 0.3) is 0 Å². The van der Waals surface area contributed by atoms with Gasteiger partial charge in [0, 0.05) is 12.1 Å². The molecule has 0 radical (unpaired) electrons. The monoisotopic (exact) mass is 523 g/mol. The third-order valence-corrected chi connectivity index (χ3v) is 8.18. The second-order valence-corrected chi connectivity index (χ2v) is 9.94. The zero-order valence-electron chi connectivity index (χ0n) is 16.7. The average molecular weight is 523 g/mol. The van der Waals surface area contributed by atoms with E-state index >= 15 is 0 Å². The lowest BCUT2D eigenvalue weighted by molar-refractivity contribution is -0.348. The van der Waals surface area contributed by atoms with Crippen LogP contribution in [0, 0.1) is 0 Å². The van der Waals surface area contributed by atoms with E-state index in [2.05, 4.69) is 5.32 Å². The molecule has 34 heavy (non-hydrogen) atoms. The molecule has 1 N–H and O–H groups in total. The molecule has 1 aliphatic rings. The molecule has 0 aliphatic carbocycles. The summed E-state index contributed by atoms with van der Waals surface area (Å²) in [5, 5.41) is 2.69. The molecule has 0 aromatic heterocycles. The molecule has 3 nitrogen and oxygen atoms in total. The number of hydrogen-bond donors (Lipinski definition) is 1. The Morgan fingerprint density at radius 2 is 1.32 bits per heavy atom. The predicted molar refractivity (Wildman–Crippen MR) is 99.1 cm³/mol. The molecule has 1 heterocycles. The molecule has 1 aliphatic heterocycles. The van der Waals surface area contributed by atoms with Gasteiger partial charge in [-0.1, -0.05) is 30.3 Å². The first kappa shape index (κ1) is 26.3. The van der Waals surface area contributed by atoms with Crippen molar-refractivity contribution in [3.05, 3.63) is 65.2 Å². The topological polar surface area (TPSA) is 46.2 Å². The summed E-state index contributed by atoms with van der Waals surface area (Å²) in [5.41, 5.74) is -9.08. The quantitative estimate of drug-likeness (QED) is 0.527. The zero-order valence-corrected chi connectivity index (χ0v) is 17.6. The normalized spacial score (nSPS) is 20.5. The van der Waals surface area contributed by atoms with Crippen LogP contribution >= 0.6 is 0 Å². The van der Waals surface area contributed by atoms with Crippen LogP contribution in [-0.4, -0.2) is 33.9 Å². The van der Waals surface area contributed by atoms with Crippen molar-refractivity contribution in [1.29, 1.82) is 0 Å². The maximum Gasteiger partial charge on any atom is 0.435 e. The molecule has 0 amide bonds. The number of alkyl halides is 10. The summed E-state index contributed by atoms with van der Waals surface area (Å²) in [4.78, 5) is -0.736. The van der Waals surface area contributed by atoms with Crippen molar-refractivity contribution in [2.75, 3.05) is 13.1 Å². The molecule has 0 bridgehead atoms. The highest BCUT2D eigenvalue weighted by molar-refractivity contribution is 7.92. The second-order valence-electron chi connectivity index (χ2n) is 7.68. The molecule has 1 unspecified atom stereocenters. The lowest BCUT2D eigenvalue weighted by atomic mass is 9.90. The Morgan fingerprint density at radius 1 is 0.765 bits per heavy atom. The van der Waals surface area contributed by atoms with Crippen LogP contribution < -0.4 is 5.32 Å². The summed E-state index contributed by atoms with van der Waals surface area (Å²) in [6.45, 7) is -0.345. The van der Waals surface area contributed by atoms with Crippen molar-refractivity contribution >= 4 is 9.84 Å². The fraction of sp³-hybridized carbons (Fsp3) is 0.400. The summed E-state index contributed by atoms with van der Waals surface area (Å²) in [7, 11) is -4.64. The Labute approximate surface area is 186 Å². The van der Waals surface area contributed by atoms with Crippen LogP contribution in [0.5, 0.6) is 0 Å². The lowest BCUT2D eigenvalue weighted by Crippen LogP contribution is -2.50. The van der Waals surface area contributed by atoms with Gasteiger partial charge in [-0.15, -0.1) is 0 Å². The maximum absolute atomic E-state index is 14.3. The van der Waals surface area contributed by atoms with E-state index < -0.39 is 54.8 Å². The summed E-state index contributed by atoms with van der Waals surface area (Å²) in [6, 6.07) is 4.37. The van der Waals surface area contributed by atoms with Crippen molar-refractivity contribution in [2.45, 2.75) is 40.3 Å². The first-order valence-corrected chi connectivity index (χ1v) is 10.9. The van der Waals surface area contributed by atoms with Gasteiger partial charge in [0.05, 0.1) is 10.5 Å². The minimum absolute atomic E-state index is 0.0398. The standard InChI is InChI=1S/C20H15F10NO2S/c21-17(19(25,26)27,20(28,29)30)13-6-4-12(5-7-13)16(8-9-31-11-16)34(32,33)15-3-1-2-14(10-15)18(22,23)24/h1-7,10,31H,8-9,11H2. The molecule has 0 saturated carbocycles. The van der Waals surface area contributed by atoms with Gasteiger partial charge in [-0.25, -0.2) is 12.8 Å². The zero-order chi connectivity index (χ0) is 25.8. The summed E-state index contributed by atoms with van der Waals surface area (Å²) in [5.74, 6) is 0. The number of nitrogens with one attached hydrogen (secondary N) is 1. The van der Waals surface area contributed by atoms with E-state index in [-0.39, 0.29) is 37.2 Å². The van der Waals surface area contributed by atoms with E-state index in [0.717, 1.165) is 12.1 Å². The first-order valence-electron chi connectivity index (χ1n) is 9.44. The Bertz CT molecular complexity index is 1130. The minimum atomic E-state index is -6.36. The highest BCUT2D eigenvalue weighted by Crippen LogP contribution is 2.53. The number of halogens is 10. The summed E-state index contributed by atoms with van der Waals surface area (Å²) in [6.07, 6.45) is -17.8. The van der Waals surface area contributed by atoms with E-state index in [4.69, 9.17) is 0 Å². The van der Waals surface area contributed by atoms with Crippen LogP contribution in [0.15, 0.2) is 53.4 Å². The molecule has 188 valence electrons. The van der Waals surface area contributed by atoms with Crippen LogP contribution in [0.4, 0.5) is 43.9 Å². The number of sulfone groups is 1. The van der Waals surface area contributed by atoms with E-state index in [0.29, 0.717) is 24.3 Å². The maximum atomic E-state index is 14.3. The Morgan fingerprint density at radius 3 is 1.76 bits per heavy atom. The largest absolute Gasteiger partial charge is 0.435 e. The highest BCUT2D eigenvalue weighted by atomic mass is 32.2. The van der Waals surface area contributed by atoms with Crippen molar-refractivity contribution in [1.82, 2.24) is 5.32 Å². The molecule has 0 spiro atoms. The molecule has 3 rings (SSSR count). The van der Waals surface area contributed by atoms with Crippen molar-refractivity contribution in [3.8, 4) is 0 Å². The third-order valence-electron chi connectivity index (χ3n) is 5.69. The van der Waals surface area contributed by atoms with Crippen LogP contribution in [-0.2, 0) is 26.4 Å². The summed E-state index contributed by atoms with van der Waals surface area (Å²) >= 11 is 0. The van der Waals surface area contributed by atoms with Crippen molar-refractivity contribution in [2.24, 2.45) is 0 Å². The van der Waals surface area contributed by atoms with E-state index in [1.54, 1.807) is 0 Å². The van der Waals surface area contributed by atoms with Gasteiger partial charge in [0.2, 0.25) is 0 Å². The molecule has 1 fully saturated rings. The fourth-order valence-electron chi connectivity index (χ4n) is 3.86. The number of rotatable bonds is 4. The van der Waals surface area contributed by atoms with Gasteiger partial charge in [0.15, 0.2) is 9.84 Å². The molecule has 14 heteroatoms. The van der Waals surface area contributed by atoms with Crippen molar-refractivity contribution in [3.63, 3.8) is 0 Å². The van der Waals surface area contributed by atoms with Crippen LogP contribution in [0.3, 0.4) is 0 Å². The van der Waals surface area contributed by atoms with E-state index in [1.807, 2.05) is 0 Å². The van der Waals surface area contributed by atoms with Crippen LogP contribution in [0.1, 0.15) is 23.1 Å². The fourth-order valence-corrected chi connectivity index (χ4v) is 5.96. The van der Waals surface area contributed by atoms with E-state index in [1.165, 1.54) is 0 Å². The molecule has 2 aromatic carbocycles. The van der Waals surface area contributed by atoms with Gasteiger partial charge >= 0.3 is 24.2 Å². The van der Waals surface area contributed by atoms with Crippen LogP contribution in [0.2, 0.25) is 0 Å². The lowest BCUT2D eigenvalue weighted by Gasteiger charge is -2.32. The van der Waals surface area contributed by atoms with Gasteiger partial charge in [0.25, 0.3) is 0 Å². The van der Waals surface area contributed by atoms with Crippen molar-refractivity contribution < 1.29 is 52.3 Å².